The van der Waals surface area contributed by atoms with E-state index in [1.54, 1.807) is 0 Å². The fourth-order valence-corrected chi connectivity index (χ4v) is 4.00. The summed E-state index contributed by atoms with van der Waals surface area (Å²) in [4.78, 5) is 20.9. The van der Waals surface area contributed by atoms with Crippen LogP contribution >= 0.6 is 11.6 Å². The van der Waals surface area contributed by atoms with Gasteiger partial charge in [-0.25, -0.2) is 8.78 Å². The molecule has 35 heavy (non-hydrogen) atoms. The molecule has 0 radical (unpaired) electrons. The van der Waals surface area contributed by atoms with E-state index in [0.717, 1.165) is 30.5 Å². The van der Waals surface area contributed by atoms with Crippen molar-refractivity contribution < 1.29 is 44.8 Å². The number of amides is 1. The highest BCUT2D eigenvalue weighted by molar-refractivity contribution is 6.30. The molecule has 1 fully saturated rings. The molecule has 1 saturated heterocycles. The third-order valence-corrected chi connectivity index (χ3v) is 6.00. The number of benzene rings is 1. The monoisotopic (exact) mass is 527 g/mol. The van der Waals surface area contributed by atoms with Gasteiger partial charge in [-0.3, -0.25) is 9.78 Å². The zero-order valence-corrected chi connectivity index (χ0v) is 18.1. The Labute approximate surface area is 197 Å². The van der Waals surface area contributed by atoms with Gasteiger partial charge < -0.3 is 9.74 Å². The van der Waals surface area contributed by atoms with Gasteiger partial charge in [-0.2, -0.15) is 26.3 Å². The van der Waals surface area contributed by atoms with Crippen LogP contribution in [-0.2, 0) is 20.9 Å². The second kappa shape index (κ2) is 8.32. The molecular weight excluding hydrogens is 514 g/mol. The molecule has 5 nitrogen and oxygen atoms in total. The molecule has 4 rings (SSSR count). The summed E-state index contributed by atoms with van der Waals surface area (Å²) < 4.78 is 107. The summed E-state index contributed by atoms with van der Waals surface area (Å²) in [5, 5.41) is 2.98. The van der Waals surface area contributed by atoms with Crippen molar-refractivity contribution in [2.24, 2.45) is 5.16 Å². The number of carbonyl (C=O) groups excluding carboxylic acids is 1. The number of hydrogen-bond acceptors (Lipinski definition) is 4. The first kappa shape index (κ1) is 25.1. The third-order valence-electron chi connectivity index (χ3n) is 5.71. The van der Waals surface area contributed by atoms with Crippen LogP contribution in [0.15, 0.2) is 41.7 Å². The molecule has 3 heterocycles. The summed E-state index contributed by atoms with van der Waals surface area (Å²) >= 11 is 5.64. The van der Waals surface area contributed by atoms with E-state index < -0.39 is 71.9 Å². The summed E-state index contributed by atoms with van der Waals surface area (Å²) in [6.45, 7) is -1.28. The molecule has 0 N–H and O–H groups in total. The molecular formula is C21H14ClF8N3O2. The lowest BCUT2D eigenvalue weighted by Crippen LogP contribution is -2.59. The lowest BCUT2D eigenvalue weighted by Gasteiger charge is -2.44. The van der Waals surface area contributed by atoms with E-state index in [1.165, 1.54) is 6.07 Å². The van der Waals surface area contributed by atoms with E-state index in [9.17, 15) is 39.9 Å². The Balaban J connectivity index is 1.49. The molecule has 1 unspecified atom stereocenters. The van der Waals surface area contributed by atoms with Gasteiger partial charge in [0.05, 0.1) is 35.9 Å². The Hall–Kier alpha value is -2.96. The average Bonchev–Trinajstić information content (AvgIpc) is 3.19. The maximum absolute atomic E-state index is 15.0. The summed E-state index contributed by atoms with van der Waals surface area (Å²) in [6.07, 6.45) is -11.2. The van der Waals surface area contributed by atoms with Crippen molar-refractivity contribution in [2.75, 3.05) is 13.1 Å². The topological polar surface area (TPSA) is 54.8 Å². The summed E-state index contributed by atoms with van der Waals surface area (Å²) in [5.74, 6) is -2.19. The molecule has 1 aromatic heterocycles. The number of hydrogen-bond donors (Lipinski definition) is 0. The molecule has 1 aromatic carbocycles. The number of aromatic nitrogens is 1. The Bertz CT molecular complexity index is 1180. The van der Waals surface area contributed by atoms with Gasteiger partial charge in [0.15, 0.2) is 5.67 Å². The Kier molecular flexibility index (Phi) is 5.97. The van der Waals surface area contributed by atoms with Crippen LogP contribution in [0.4, 0.5) is 35.1 Å². The number of likely N-dealkylation sites (tertiary alicyclic amines) is 1. The molecule has 0 saturated carbocycles. The predicted octanol–water partition coefficient (Wildman–Crippen LogP) is 5.42. The maximum Gasteiger partial charge on any atom is 0.435 e. The van der Waals surface area contributed by atoms with E-state index in [-0.39, 0.29) is 17.0 Å². The predicted molar refractivity (Wildman–Crippen MR) is 106 cm³/mol. The minimum Gasteiger partial charge on any atom is -0.374 e. The molecule has 1 amide bonds. The molecule has 0 spiro atoms. The number of alkyl halides is 7. The Morgan fingerprint density at radius 3 is 2.34 bits per heavy atom. The van der Waals surface area contributed by atoms with E-state index in [1.807, 2.05) is 0 Å². The molecule has 0 aliphatic carbocycles. The van der Waals surface area contributed by atoms with Crippen molar-refractivity contribution in [1.29, 1.82) is 0 Å². The highest BCUT2D eigenvalue weighted by Crippen LogP contribution is 2.49. The molecule has 1 atom stereocenters. The fourth-order valence-electron chi connectivity index (χ4n) is 3.82. The van der Waals surface area contributed by atoms with Gasteiger partial charge in [0.1, 0.15) is 12.2 Å². The standard InChI is InChI=1S/C21H14ClF8N3O2/c22-13-5-12(2-3-14(13)23)19(21(28,29)30)6-15(32-35-19)11-1-4-16(31-8-11)18(24)9-33(10-18)17(34)7-20(25,26)27/h1-5,8H,6-7,9-10H2. The Morgan fingerprint density at radius 1 is 1.11 bits per heavy atom. The van der Waals surface area contributed by atoms with Crippen molar-refractivity contribution in [3.05, 3.63) is 64.2 Å². The zero-order valence-electron chi connectivity index (χ0n) is 17.4. The second-order valence-corrected chi connectivity index (χ2v) is 8.61. The molecule has 2 aliphatic heterocycles. The van der Waals surface area contributed by atoms with Crippen LogP contribution in [0.1, 0.15) is 29.7 Å². The van der Waals surface area contributed by atoms with Crippen LogP contribution in [0.5, 0.6) is 0 Å². The summed E-state index contributed by atoms with van der Waals surface area (Å²) in [6, 6.07) is 4.82. The van der Waals surface area contributed by atoms with Crippen molar-refractivity contribution in [1.82, 2.24) is 9.88 Å². The van der Waals surface area contributed by atoms with Crippen LogP contribution in [0.25, 0.3) is 0 Å². The molecule has 14 heteroatoms. The third kappa shape index (κ3) is 4.65. The average molecular weight is 528 g/mol. The number of rotatable bonds is 4. The van der Waals surface area contributed by atoms with E-state index in [0.29, 0.717) is 4.90 Å². The number of oxime groups is 1. The van der Waals surface area contributed by atoms with Gasteiger partial charge in [-0.1, -0.05) is 22.8 Å². The summed E-state index contributed by atoms with van der Waals surface area (Å²) in [7, 11) is 0. The number of pyridine rings is 1. The molecule has 2 aromatic rings. The van der Waals surface area contributed by atoms with Gasteiger partial charge in [-0.05, 0) is 24.3 Å². The van der Waals surface area contributed by atoms with E-state index >= 15 is 0 Å². The first-order valence-electron chi connectivity index (χ1n) is 9.91. The largest absolute Gasteiger partial charge is 0.435 e. The van der Waals surface area contributed by atoms with Gasteiger partial charge in [0.25, 0.3) is 5.60 Å². The zero-order chi connectivity index (χ0) is 25.8. The first-order valence-corrected chi connectivity index (χ1v) is 10.3. The first-order chi connectivity index (χ1) is 16.1. The SMILES string of the molecule is O=C(CC(F)(F)F)N1CC(F)(c2ccc(C3=NOC(c4ccc(F)c(Cl)c4)(C(F)(F)F)C3)cn2)C1. The van der Waals surface area contributed by atoms with Gasteiger partial charge in [0, 0.05) is 17.3 Å². The molecule has 0 bridgehead atoms. The van der Waals surface area contributed by atoms with Gasteiger partial charge >= 0.3 is 12.4 Å². The number of carbonyl (C=O) groups is 1. The quantitative estimate of drug-likeness (QED) is 0.499. The van der Waals surface area contributed by atoms with E-state index in [2.05, 4.69) is 10.1 Å². The van der Waals surface area contributed by atoms with Crippen LogP contribution < -0.4 is 0 Å². The number of halogens is 9. The van der Waals surface area contributed by atoms with E-state index in [4.69, 9.17) is 16.4 Å². The molecule has 2 aliphatic rings. The van der Waals surface area contributed by atoms with Crippen LogP contribution in [0, 0.1) is 5.82 Å². The van der Waals surface area contributed by atoms with Crippen molar-refractivity contribution in [3.63, 3.8) is 0 Å². The highest BCUT2D eigenvalue weighted by Gasteiger charge is 2.62. The minimum atomic E-state index is -4.96. The second-order valence-electron chi connectivity index (χ2n) is 8.20. The van der Waals surface area contributed by atoms with Crippen LogP contribution in [0.2, 0.25) is 5.02 Å². The lowest BCUT2D eigenvalue weighted by molar-refractivity contribution is -0.275. The van der Waals surface area contributed by atoms with Crippen molar-refractivity contribution >= 4 is 23.2 Å². The van der Waals surface area contributed by atoms with Gasteiger partial charge in [0.2, 0.25) is 5.91 Å². The number of nitrogens with zero attached hydrogens (tertiary/aromatic N) is 3. The highest BCUT2D eigenvalue weighted by atomic mass is 35.5. The van der Waals surface area contributed by atoms with Gasteiger partial charge in [-0.15, -0.1) is 0 Å². The minimum absolute atomic E-state index is 0.0704. The van der Waals surface area contributed by atoms with Crippen molar-refractivity contribution in [3.8, 4) is 0 Å². The maximum atomic E-state index is 15.0. The fraction of sp³-hybridized carbons (Fsp3) is 0.381. The van der Waals surface area contributed by atoms with Crippen LogP contribution in [0.3, 0.4) is 0 Å². The summed E-state index contributed by atoms with van der Waals surface area (Å²) in [5.41, 5.74) is -5.92. The smallest absolute Gasteiger partial charge is 0.374 e. The Morgan fingerprint density at radius 2 is 1.80 bits per heavy atom. The molecule has 188 valence electrons. The normalized spacial score (nSPS) is 21.9. The van der Waals surface area contributed by atoms with Crippen LogP contribution in [-0.4, -0.2) is 46.9 Å². The lowest BCUT2D eigenvalue weighted by atomic mass is 9.86. The van der Waals surface area contributed by atoms with Crippen molar-refractivity contribution in [2.45, 2.75) is 36.5 Å².